The summed E-state index contributed by atoms with van der Waals surface area (Å²) in [5.41, 5.74) is -8.91. The molecule has 2 saturated heterocycles. The molecule has 5 N–H and O–H groups in total. The Kier molecular flexibility index (Phi) is 4.37. The Bertz CT molecular complexity index is 1250. The van der Waals surface area contributed by atoms with Crippen LogP contribution < -0.4 is 0 Å². The van der Waals surface area contributed by atoms with Crippen LogP contribution in [-0.2, 0) is 23.8 Å². The smallest absolute Gasteiger partial charge is 0.335 e. The number of carbonyl (C=O) groups is 2. The van der Waals surface area contributed by atoms with Crippen molar-refractivity contribution in [1.82, 2.24) is 0 Å². The molecule has 11 nitrogen and oxygen atoms in total. The van der Waals surface area contributed by atoms with Gasteiger partial charge in [-0.15, -0.1) is 0 Å². The van der Waals surface area contributed by atoms with Gasteiger partial charge in [-0.1, -0.05) is 20.8 Å². The van der Waals surface area contributed by atoms with Crippen LogP contribution in [0.4, 0.5) is 0 Å². The number of hydrogen-bond donors (Lipinski definition) is 5. The number of aliphatic hydroxyl groups excluding tert-OH is 2. The van der Waals surface area contributed by atoms with E-state index in [0.717, 1.165) is 7.11 Å². The molecule has 1 spiro atoms. The van der Waals surface area contributed by atoms with E-state index in [1.54, 1.807) is 19.9 Å². The van der Waals surface area contributed by atoms with Gasteiger partial charge in [0, 0.05) is 27.7 Å². The molecule has 2 bridgehead atoms. The lowest BCUT2D eigenvalue weighted by atomic mass is 9.45. The van der Waals surface area contributed by atoms with Crippen molar-refractivity contribution in [3.63, 3.8) is 0 Å². The maximum atomic E-state index is 13.2. The van der Waals surface area contributed by atoms with E-state index in [2.05, 4.69) is 0 Å². The highest BCUT2D eigenvalue weighted by atomic mass is 16.7. The van der Waals surface area contributed by atoms with Crippen LogP contribution in [0.3, 0.4) is 0 Å². The maximum Gasteiger partial charge on any atom is 0.335 e. The largest absolute Gasteiger partial charge is 0.472 e. The average Bonchev–Trinajstić information content (AvgIpc) is 3.51. The van der Waals surface area contributed by atoms with Crippen LogP contribution in [0, 0.1) is 34.0 Å². The Hall–Kier alpha value is -2.02. The van der Waals surface area contributed by atoms with Crippen LogP contribution in [0.25, 0.3) is 0 Å². The third kappa shape index (κ3) is 2.09. The second-order valence-electron chi connectivity index (χ2n) is 13.3. The summed E-state index contributed by atoms with van der Waals surface area (Å²) in [7, 11) is 1.14. The van der Waals surface area contributed by atoms with E-state index in [9.17, 15) is 35.1 Å². The molecular formula is C27H34O11. The molecule has 13 atom stereocenters. The quantitative estimate of drug-likeness (QED) is 0.334. The number of ether oxygens (including phenoxy) is 3. The van der Waals surface area contributed by atoms with Crippen molar-refractivity contribution >= 4 is 11.9 Å². The molecule has 0 aromatic carbocycles. The Balaban J connectivity index is 1.52. The first-order chi connectivity index (χ1) is 17.6. The summed E-state index contributed by atoms with van der Waals surface area (Å²) < 4.78 is 22.5. The van der Waals surface area contributed by atoms with E-state index in [1.807, 2.05) is 6.92 Å². The van der Waals surface area contributed by atoms with E-state index in [1.165, 1.54) is 12.5 Å². The van der Waals surface area contributed by atoms with Gasteiger partial charge in [-0.3, -0.25) is 4.79 Å². The van der Waals surface area contributed by atoms with Crippen LogP contribution in [0.5, 0.6) is 0 Å². The van der Waals surface area contributed by atoms with Crippen LogP contribution in [0.2, 0.25) is 0 Å². The van der Waals surface area contributed by atoms with Gasteiger partial charge in [0.25, 0.3) is 0 Å². The molecule has 4 saturated carbocycles. The summed E-state index contributed by atoms with van der Waals surface area (Å²) in [5, 5.41) is 61.0. The lowest BCUT2D eigenvalue weighted by molar-refractivity contribution is -0.361. The minimum atomic E-state index is -2.48. The molecule has 11 heteroatoms. The van der Waals surface area contributed by atoms with Crippen molar-refractivity contribution < 1.29 is 53.7 Å². The van der Waals surface area contributed by atoms with Crippen LogP contribution in [-0.4, -0.2) is 79.4 Å². The molecule has 0 amide bonds. The molecule has 1 aromatic rings. The van der Waals surface area contributed by atoms with Crippen molar-refractivity contribution in [2.45, 2.75) is 87.4 Å². The number of esters is 2. The number of rotatable bonds is 3. The second-order valence-corrected chi connectivity index (χ2v) is 13.3. The normalized spacial score (nSPS) is 58.3. The minimum absolute atomic E-state index is 0.103. The number of aliphatic hydroxyl groups is 5. The molecule has 0 radical (unpaired) electrons. The van der Waals surface area contributed by atoms with Crippen molar-refractivity contribution in [2.75, 3.05) is 7.11 Å². The number of furan rings is 1. The van der Waals surface area contributed by atoms with Gasteiger partial charge in [-0.25, -0.2) is 4.79 Å². The molecule has 6 aliphatic rings. The van der Waals surface area contributed by atoms with Gasteiger partial charge in [-0.2, -0.15) is 0 Å². The van der Waals surface area contributed by atoms with Gasteiger partial charge >= 0.3 is 11.9 Å². The van der Waals surface area contributed by atoms with Gasteiger partial charge in [0.1, 0.15) is 23.4 Å². The fourth-order valence-corrected chi connectivity index (χ4v) is 11.1. The fourth-order valence-electron chi connectivity index (χ4n) is 11.1. The predicted molar refractivity (Wildman–Crippen MR) is 123 cm³/mol. The van der Waals surface area contributed by atoms with Crippen molar-refractivity contribution in [3.8, 4) is 0 Å². The summed E-state index contributed by atoms with van der Waals surface area (Å²) in [4.78, 5) is 25.9. The first-order valence-corrected chi connectivity index (χ1v) is 13.2. The number of methoxy groups -OCH3 is 1. The Morgan fingerprint density at radius 3 is 2.55 bits per heavy atom. The molecular weight excluding hydrogens is 500 g/mol. The summed E-state index contributed by atoms with van der Waals surface area (Å²) in [6.07, 6.45) is -1.31. The molecule has 1 aromatic heterocycles. The highest BCUT2D eigenvalue weighted by Crippen LogP contribution is 2.87. The lowest BCUT2D eigenvalue weighted by Gasteiger charge is -2.63. The average molecular weight is 535 g/mol. The Morgan fingerprint density at radius 1 is 1.21 bits per heavy atom. The van der Waals surface area contributed by atoms with E-state index in [4.69, 9.17) is 18.6 Å². The molecule has 7 rings (SSSR count). The van der Waals surface area contributed by atoms with Crippen molar-refractivity contribution in [3.05, 3.63) is 24.2 Å². The maximum absolute atomic E-state index is 13.2. The van der Waals surface area contributed by atoms with Crippen molar-refractivity contribution in [2.24, 2.45) is 34.0 Å². The highest BCUT2D eigenvalue weighted by Gasteiger charge is 2.98. The van der Waals surface area contributed by atoms with E-state index in [0.29, 0.717) is 18.4 Å². The van der Waals surface area contributed by atoms with Crippen LogP contribution in [0.15, 0.2) is 23.0 Å². The lowest BCUT2D eigenvalue weighted by Crippen LogP contribution is -2.73. The zero-order valence-electron chi connectivity index (χ0n) is 21.7. The molecule has 38 heavy (non-hydrogen) atoms. The fraction of sp³-hybridized carbons (Fsp3) is 0.778. The summed E-state index contributed by atoms with van der Waals surface area (Å²) in [6.45, 7) is 5.14. The van der Waals surface area contributed by atoms with E-state index < -0.39 is 93.3 Å². The topological polar surface area (TPSA) is 176 Å². The molecule has 6 fully saturated rings. The van der Waals surface area contributed by atoms with Crippen molar-refractivity contribution in [1.29, 1.82) is 0 Å². The molecule has 0 unspecified atom stereocenters. The highest BCUT2D eigenvalue weighted by molar-refractivity contribution is 5.76. The monoisotopic (exact) mass is 534 g/mol. The zero-order chi connectivity index (χ0) is 27.5. The summed E-state index contributed by atoms with van der Waals surface area (Å²) in [5.74, 6) is -7.41. The van der Waals surface area contributed by atoms with Gasteiger partial charge in [0.15, 0.2) is 6.10 Å². The Morgan fingerprint density at radius 2 is 1.92 bits per heavy atom. The number of cyclic esters (lactones) is 1. The minimum Gasteiger partial charge on any atom is -0.472 e. The summed E-state index contributed by atoms with van der Waals surface area (Å²) in [6, 6.07) is 1.66. The zero-order valence-corrected chi connectivity index (χ0v) is 21.7. The van der Waals surface area contributed by atoms with E-state index >= 15 is 0 Å². The van der Waals surface area contributed by atoms with Gasteiger partial charge in [0.2, 0.25) is 5.79 Å². The van der Waals surface area contributed by atoms with Gasteiger partial charge in [0.05, 0.1) is 37.6 Å². The molecule has 208 valence electrons. The Labute approximate surface area is 218 Å². The predicted octanol–water partition coefficient (Wildman–Crippen LogP) is 0.174. The first kappa shape index (κ1) is 25.0. The van der Waals surface area contributed by atoms with E-state index in [-0.39, 0.29) is 6.42 Å². The standard InChI is InChI=1S/C27H34O11/c1-21-11-24(32)19-26(33)13(23(24,3)16(21)15(29)18(30)35-4)5-7-22(2)17(12-6-8-36-10-12)37-14(28)9-25(22,26)38-27(19,34)20(21)31/h6,8,10,13,15-17,19-20,29,31-34H,5,7,9,11H2,1-4H3/t13-,15-,16+,17+,19+,20+,21-,22+,23-,24+,25-,26+,27-/m1/s1. The number of hydrogen-bond acceptors (Lipinski definition) is 11. The SMILES string of the molecule is COC(=O)[C@H](O)[C@H]1[C@@]2(C)C[C@]3(O)[C@@H]4[C@@](O)(O[C@]56CC(=O)O[C@@H](c7ccoc7)[C@]5(C)CC[C@H]([C@]13C)[C@]46O)[C@H]2O. The number of fused-ring (bicyclic) bond motifs is 2. The van der Waals surface area contributed by atoms with Crippen LogP contribution >= 0.6 is 0 Å². The van der Waals surface area contributed by atoms with Gasteiger partial charge in [-0.05, 0) is 31.2 Å². The first-order valence-electron chi connectivity index (χ1n) is 13.2. The number of carbonyl (C=O) groups excluding carboxylic acids is 2. The second kappa shape index (κ2) is 6.64. The van der Waals surface area contributed by atoms with Gasteiger partial charge < -0.3 is 44.2 Å². The van der Waals surface area contributed by atoms with Crippen LogP contribution in [0.1, 0.15) is 58.1 Å². The third-order valence-electron chi connectivity index (χ3n) is 12.2. The third-order valence-corrected chi connectivity index (χ3v) is 12.2. The molecule has 4 aliphatic carbocycles. The summed E-state index contributed by atoms with van der Waals surface area (Å²) >= 11 is 0. The molecule has 3 heterocycles. The molecule has 2 aliphatic heterocycles.